The first-order chi connectivity index (χ1) is 14.2. The van der Waals surface area contributed by atoms with Gasteiger partial charge >= 0.3 is 11.9 Å². The summed E-state index contributed by atoms with van der Waals surface area (Å²) in [5.41, 5.74) is -0.986. The third kappa shape index (κ3) is 2.85. The number of rotatable bonds is 5. The zero-order valence-electron chi connectivity index (χ0n) is 16.5. The first kappa shape index (κ1) is 20.0. The van der Waals surface area contributed by atoms with Gasteiger partial charge in [-0.2, -0.15) is 0 Å². The molecule has 0 saturated carbocycles. The Morgan fingerprint density at radius 3 is 2.33 bits per heavy atom. The van der Waals surface area contributed by atoms with E-state index < -0.39 is 53.6 Å². The number of benzene rings is 1. The Balaban J connectivity index is 1.75. The summed E-state index contributed by atoms with van der Waals surface area (Å²) >= 11 is 0. The van der Waals surface area contributed by atoms with Crippen LogP contribution in [0, 0.1) is 11.8 Å². The number of hydrogen-bond acceptors (Lipinski definition) is 8. The van der Waals surface area contributed by atoms with Gasteiger partial charge in [0, 0.05) is 19.4 Å². The van der Waals surface area contributed by atoms with Crippen LogP contribution in [-0.2, 0) is 33.4 Å². The highest BCUT2D eigenvalue weighted by Crippen LogP contribution is 2.54. The van der Waals surface area contributed by atoms with Crippen LogP contribution in [0.4, 0.5) is 5.69 Å². The van der Waals surface area contributed by atoms with Gasteiger partial charge in [-0.15, -0.1) is 0 Å². The molecule has 2 fully saturated rings. The van der Waals surface area contributed by atoms with Gasteiger partial charge in [0.2, 0.25) is 11.8 Å². The average Bonchev–Trinajstić information content (AvgIpc) is 3.32. The molecule has 0 N–H and O–H groups in total. The fourth-order valence-electron chi connectivity index (χ4n) is 4.34. The highest BCUT2D eigenvalue weighted by Gasteiger charge is 2.72. The van der Waals surface area contributed by atoms with Crippen molar-refractivity contribution >= 4 is 35.2 Å². The van der Waals surface area contributed by atoms with E-state index in [-0.39, 0.29) is 11.5 Å². The number of esters is 2. The highest BCUT2D eigenvalue weighted by molar-refractivity contribution is 6.23. The second-order valence-electron chi connectivity index (χ2n) is 7.47. The topological polar surface area (TPSA) is 116 Å². The number of Topliss-reactive ketones (excluding diaryl/α,β-unsaturated/α-hetero) is 1. The largest absolute Gasteiger partial charge is 0.422 e. The van der Waals surface area contributed by atoms with E-state index in [1.165, 1.54) is 19.1 Å². The van der Waals surface area contributed by atoms with Gasteiger partial charge in [-0.1, -0.05) is 18.2 Å². The molecule has 2 bridgehead atoms. The molecule has 0 spiro atoms. The Kier molecular flexibility index (Phi) is 4.58. The van der Waals surface area contributed by atoms with E-state index in [1.54, 1.807) is 24.3 Å². The summed E-state index contributed by atoms with van der Waals surface area (Å²) in [5, 5.41) is 0. The molecule has 0 unspecified atom stereocenters. The molecule has 0 radical (unpaired) electrons. The van der Waals surface area contributed by atoms with Crippen LogP contribution in [-0.4, -0.2) is 47.5 Å². The van der Waals surface area contributed by atoms with Gasteiger partial charge in [-0.25, -0.2) is 4.90 Å². The van der Waals surface area contributed by atoms with Crippen LogP contribution in [0.1, 0.15) is 31.1 Å². The second kappa shape index (κ2) is 6.88. The summed E-state index contributed by atoms with van der Waals surface area (Å²) in [7, 11) is 0. The predicted molar refractivity (Wildman–Crippen MR) is 100.0 cm³/mol. The van der Waals surface area contributed by atoms with Crippen molar-refractivity contribution in [2.24, 2.45) is 11.8 Å². The number of fused-ring (bicyclic) bond motifs is 5. The molecular weight excluding hydrogens is 394 g/mol. The maximum Gasteiger partial charge on any atom is 0.305 e. The van der Waals surface area contributed by atoms with E-state index in [0.29, 0.717) is 5.56 Å². The Bertz CT molecular complexity index is 998. The van der Waals surface area contributed by atoms with Gasteiger partial charge in [0.05, 0.1) is 23.6 Å². The van der Waals surface area contributed by atoms with Crippen molar-refractivity contribution in [2.45, 2.75) is 38.8 Å². The number of nitrogens with zero attached hydrogens (tertiary/aromatic N) is 1. The maximum absolute atomic E-state index is 13.4. The van der Waals surface area contributed by atoms with E-state index in [2.05, 4.69) is 0 Å². The van der Waals surface area contributed by atoms with Crippen molar-refractivity contribution < 1.29 is 38.2 Å². The minimum Gasteiger partial charge on any atom is -0.422 e. The summed E-state index contributed by atoms with van der Waals surface area (Å²) in [6.45, 7) is 3.66. The van der Waals surface area contributed by atoms with Crippen LogP contribution in [0.5, 0.6) is 0 Å². The zero-order valence-corrected chi connectivity index (χ0v) is 16.5. The standard InChI is InChI=1S/C21H19NO8/c1-10(23)13-5-4-6-14(9-13)22-18(26)16-15-7-8-21(30-15,17(16)19(22)27)20(28-11(2)24)29-12(3)25/h4-9,15-17,20H,1-3H3/t15-,16+,17-,21-/m0/s1. The fraction of sp³-hybridized carbons (Fsp3) is 0.381. The lowest BCUT2D eigenvalue weighted by Crippen LogP contribution is -2.52. The monoisotopic (exact) mass is 413 g/mol. The molecule has 1 aromatic carbocycles. The molecule has 30 heavy (non-hydrogen) atoms. The number of anilines is 1. The Hall–Kier alpha value is -3.33. The van der Waals surface area contributed by atoms with E-state index in [4.69, 9.17) is 14.2 Å². The molecule has 3 aliphatic rings. The van der Waals surface area contributed by atoms with Crippen LogP contribution < -0.4 is 4.90 Å². The lowest BCUT2D eigenvalue weighted by atomic mass is 9.76. The van der Waals surface area contributed by atoms with Crippen LogP contribution in [0.25, 0.3) is 0 Å². The number of imide groups is 1. The first-order valence-corrected chi connectivity index (χ1v) is 9.36. The van der Waals surface area contributed by atoms with Crippen molar-refractivity contribution in [1.29, 1.82) is 0 Å². The molecule has 1 aromatic rings. The Morgan fingerprint density at radius 1 is 1.07 bits per heavy atom. The average molecular weight is 413 g/mol. The molecule has 3 heterocycles. The SMILES string of the molecule is CC(=O)OC(OC(C)=O)[C@@]12C=C[C@H](O1)[C@H]1C(=O)N(c3cccc(C(C)=O)c3)C(=O)[C@H]12. The molecule has 2 saturated heterocycles. The third-order valence-electron chi connectivity index (χ3n) is 5.50. The Labute approximate surface area is 171 Å². The van der Waals surface area contributed by atoms with Gasteiger partial charge in [0.25, 0.3) is 6.29 Å². The maximum atomic E-state index is 13.4. The number of carbonyl (C=O) groups is 5. The minimum absolute atomic E-state index is 0.206. The molecule has 9 heteroatoms. The highest BCUT2D eigenvalue weighted by atomic mass is 16.7. The summed E-state index contributed by atoms with van der Waals surface area (Å²) in [6, 6.07) is 6.20. The van der Waals surface area contributed by atoms with Crippen molar-refractivity contribution in [3.8, 4) is 0 Å². The van der Waals surface area contributed by atoms with Gasteiger partial charge in [0.1, 0.15) is 0 Å². The number of ether oxygens (including phenoxy) is 3. The number of carbonyl (C=O) groups excluding carboxylic acids is 5. The number of hydrogen-bond donors (Lipinski definition) is 0. The molecule has 9 nitrogen and oxygen atoms in total. The van der Waals surface area contributed by atoms with Gasteiger partial charge in [-0.05, 0) is 25.1 Å². The van der Waals surface area contributed by atoms with Crippen LogP contribution in [0.2, 0.25) is 0 Å². The molecule has 0 aromatic heterocycles. The molecular formula is C21H19NO8. The quantitative estimate of drug-likeness (QED) is 0.232. The van der Waals surface area contributed by atoms with Crippen molar-refractivity contribution in [1.82, 2.24) is 0 Å². The molecule has 3 aliphatic heterocycles. The fourth-order valence-corrected chi connectivity index (χ4v) is 4.34. The lowest BCUT2D eigenvalue weighted by Gasteiger charge is -2.34. The van der Waals surface area contributed by atoms with Crippen molar-refractivity contribution in [2.75, 3.05) is 4.90 Å². The normalized spacial score (nSPS) is 28.8. The molecule has 4 atom stereocenters. The molecule has 0 aliphatic carbocycles. The summed E-state index contributed by atoms with van der Waals surface area (Å²) in [5.74, 6) is -4.66. The summed E-state index contributed by atoms with van der Waals surface area (Å²) in [4.78, 5) is 62.5. The van der Waals surface area contributed by atoms with E-state index in [0.717, 1.165) is 18.7 Å². The minimum atomic E-state index is -1.60. The first-order valence-electron chi connectivity index (χ1n) is 9.36. The van der Waals surface area contributed by atoms with Gasteiger partial charge in [-0.3, -0.25) is 24.0 Å². The van der Waals surface area contributed by atoms with Crippen molar-refractivity contribution in [3.05, 3.63) is 42.0 Å². The van der Waals surface area contributed by atoms with E-state index >= 15 is 0 Å². The van der Waals surface area contributed by atoms with Crippen LogP contribution in [0.3, 0.4) is 0 Å². The number of ketones is 1. The van der Waals surface area contributed by atoms with Crippen molar-refractivity contribution in [3.63, 3.8) is 0 Å². The smallest absolute Gasteiger partial charge is 0.305 e. The Morgan fingerprint density at radius 2 is 1.73 bits per heavy atom. The molecule has 4 rings (SSSR count). The van der Waals surface area contributed by atoms with Gasteiger partial charge in [0.15, 0.2) is 11.4 Å². The van der Waals surface area contributed by atoms with Crippen LogP contribution >= 0.6 is 0 Å². The van der Waals surface area contributed by atoms with Gasteiger partial charge < -0.3 is 14.2 Å². The van der Waals surface area contributed by atoms with E-state index in [1.807, 2.05) is 0 Å². The van der Waals surface area contributed by atoms with E-state index in [9.17, 15) is 24.0 Å². The summed E-state index contributed by atoms with van der Waals surface area (Å²) < 4.78 is 16.2. The molecule has 2 amide bonds. The lowest BCUT2D eigenvalue weighted by molar-refractivity contribution is -0.226. The molecule has 156 valence electrons. The summed E-state index contributed by atoms with van der Waals surface area (Å²) in [6.07, 6.45) is 0.850. The predicted octanol–water partition coefficient (Wildman–Crippen LogP) is 1.15. The zero-order chi connectivity index (χ0) is 21.8. The third-order valence-corrected chi connectivity index (χ3v) is 5.50. The second-order valence-corrected chi connectivity index (χ2v) is 7.47. The van der Waals surface area contributed by atoms with Crippen LogP contribution in [0.15, 0.2) is 36.4 Å². The number of amides is 2.